The van der Waals surface area contributed by atoms with Crippen molar-refractivity contribution >= 4 is 15.9 Å². The summed E-state index contributed by atoms with van der Waals surface area (Å²) in [5.74, 6) is 0. The van der Waals surface area contributed by atoms with E-state index in [1.165, 1.54) is 0 Å². The van der Waals surface area contributed by atoms with Gasteiger partial charge in [0.1, 0.15) is 0 Å². The molecule has 0 fully saturated rings. The normalized spacial score (nSPS) is 11.7. The highest BCUT2D eigenvalue weighted by molar-refractivity contribution is 9.11. The fourth-order valence-corrected chi connectivity index (χ4v) is 0.765. The van der Waals surface area contributed by atoms with E-state index in [2.05, 4.69) is 15.9 Å². The number of halogens is 1. The lowest BCUT2D eigenvalue weighted by atomic mass is 10.7. The van der Waals surface area contributed by atoms with Crippen molar-refractivity contribution in [1.29, 1.82) is 0 Å². The fourth-order valence-electron chi connectivity index (χ4n) is 0.356. The van der Waals surface area contributed by atoms with Crippen LogP contribution in [0.15, 0.2) is 10.7 Å². The summed E-state index contributed by atoms with van der Waals surface area (Å²) >= 11 is 3.29. The summed E-state index contributed by atoms with van der Waals surface area (Å²) in [5.41, 5.74) is 0. The summed E-state index contributed by atoms with van der Waals surface area (Å²) in [4.78, 5) is 1.99. The predicted molar refractivity (Wildman–Crippen MR) is 36.4 cm³/mol. The molecule has 0 spiro atoms. The molecule has 0 heterocycles. The van der Waals surface area contributed by atoms with Crippen LogP contribution in [-0.4, -0.2) is 19.0 Å². The third-order valence-corrected chi connectivity index (χ3v) is 0.641. The molecule has 0 radical (unpaired) electrons. The lowest BCUT2D eigenvalue weighted by Crippen LogP contribution is -2.00. The van der Waals surface area contributed by atoms with Gasteiger partial charge in [0.05, 0.1) is 0 Å². The van der Waals surface area contributed by atoms with Crippen molar-refractivity contribution in [1.82, 2.24) is 4.90 Å². The summed E-state index contributed by atoms with van der Waals surface area (Å²) in [6, 6.07) is 0. The molecule has 0 N–H and O–H groups in total. The van der Waals surface area contributed by atoms with Gasteiger partial charge in [-0.2, -0.15) is 0 Å². The first kappa shape index (κ1) is 7.02. The Morgan fingerprint density at radius 2 is 2.00 bits per heavy atom. The van der Waals surface area contributed by atoms with Crippen LogP contribution in [-0.2, 0) is 0 Å². The van der Waals surface area contributed by atoms with E-state index in [0.29, 0.717) is 0 Å². The van der Waals surface area contributed by atoms with E-state index in [1.807, 2.05) is 32.1 Å². The van der Waals surface area contributed by atoms with Gasteiger partial charge >= 0.3 is 0 Å². The highest BCUT2D eigenvalue weighted by Gasteiger charge is 1.77. The zero-order valence-electron chi connectivity index (χ0n) is 4.90. The molecule has 2 heteroatoms. The third-order valence-electron chi connectivity index (χ3n) is 0.436. The highest BCUT2D eigenvalue weighted by atomic mass is 79.9. The molecule has 42 valence electrons. The zero-order valence-corrected chi connectivity index (χ0v) is 6.49. The van der Waals surface area contributed by atoms with Gasteiger partial charge in [0.25, 0.3) is 0 Å². The van der Waals surface area contributed by atoms with E-state index in [0.717, 1.165) is 4.48 Å². The molecule has 0 aromatic rings. The molecule has 0 aliphatic carbocycles. The Labute approximate surface area is 53.1 Å². The van der Waals surface area contributed by atoms with E-state index in [4.69, 9.17) is 0 Å². The van der Waals surface area contributed by atoms with Crippen LogP contribution < -0.4 is 0 Å². The van der Waals surface area contributed by atoms with Crippen LogP contribution >= 0.6 is 15.9 Å². The quantitative estimate of drug-likeness (QED) is 0.571. The predicted octanol–water partition coefficient (Wildman–Crippen LogP) is 1.80. The molecule has 0 amide bonds. The molecule has 7 heavy (non-hydrogen) atoms. The molecule has 0 unspecified atom stereocenters. The molecule has 0 rings (SSSR count). The first-order valence-electron chi connectivity index (χ1n) is 2.13. The van der Waals surface area contributed by atoms with Crippen molar-refractivity contribution in [2.45, 2.75) is 6.92 Å². The van der Waals surface area contributed by atoms with Crippen molar-refractivity contribution in [3.05, 3.63) is 10.7 Å². The summed E-state index contributed by atoms with van der Waals surface area (Å²) in [5, 5.41) is 0. The Balaban J connectivity index is 3.45. The molecular formula is C5H10BrN. The van der Waals surface area contributed by atoms with Crippen molar-refractivity contribution < 1.29 is 0 Å². The van der Waals surface area contributed by atoms with Crippen molar-refractivity contribution in [2.75, 3.05) is 14.1 Å². The summed E-state index contributed by atoms with van der Waals surface area (Å²) in [7, 11) is 3.98. The van der Waals surface area contributed by atoms with Crippen LogP contribution in [0.3, 0.4) is 0 Å². The summed E-state index contributed by atoms with van der Waals surface area (Å²) in [6.45, 7) is 2.00. The molecule has 0 atom stereocenters. The molecular weight excluding hydrogens is 154 g/mol. The second kappa shape index (κ2) is 3.08. The Hall–Kier alpha value is 0.0200. The average Bonchev–Trinajstić information content (AvgIpc) is 1.27. The van der Waals surface area contributed by atoms with Gasteiger partial charge in [0, 0.05) is 24.8 Å². The van der Waals surface area contributed by atoms with E-state index in [9.17, 15) is 0 Å². The van der Waals surface area contributed by atoms with E-state index < -0.39 is 0 Å². The first-order chi connectivity index (χ1) is 3.13. The van der Waals surface area contributed by atoms with Gasteiger partial charge in [0.15, 0.2) is 0 Å². The number of allylic oxidation sites excluding steroid dienone is 1. The smallest absolute Gasteiger partial charge is 0.00850 e. The van der Waals surface area contributed by atoms with E-state index in [1.54, 1.807) is 0 Å². The lowest BCUT2D eigenvalue weighted by Gasteiger charge is -2.02. The minimum atomic E-state index is 1.15. The highest BCUT2D eigenvalue weighted by Crippen LogP contribution is 2.00. The molecule has 0 aliphatic rings. The molecule has 0 aliphatic heterocycles. The van der Waals surface area contributed by atoms with Gasteiger partial charge in [-0.25, -0.2) is 0 Å². The molecule has 1 nitrogen and oxygen atoms in total. The van der Waals surface area contributed by atoms with Gasteiger partial charge in [0.2, 0.25) is 0 Å². The second-order valence-corrected chi connectivity index (χ2v) is 2.93. The number of rotatable bonds is 1. The van der Waals surface area contributed by atoms with Gasteiger partial charge in [-0.3, -0.25) is 0 Å². The average molecular weight is 164 g/mol. The minimum Gasteiger partial charge on any atom is -0.383 e. The third kappa shape index (κ3) is 6.02. The van der Waals surface area contributed by atoms with Crippen LogP contribution in [0.1, 0.15) is 6.92 Å². The summed E-state index contributed by atoms with van der Waals surface area (Å²) < 4.78 is 1.15. The summed E-state index contributed by atoms with van der Waals surface area (Å²) in [6.07, 6.45) is 2.00. The Bertz CT molecular complexity index is 72.1. The lowest BCUT2D eigenvalue weighted by molar-refractivity contribution is 0.562. The van der Waals surface area contributed by atoms with E-state index >= 15 is 0 Å². The van der Waals surface area contributed by atoms with Crippen LogP contribution in [0.25, 0.3) is 0 Å². The Morgan fingerprint density at radius 1 is 1.57 bits per heavy atom. The minimum absolute atomic E-state index is 1.15. The van der Waals surface area contributed by atoms with Crippen LogP contribution in [0.5, 0.6) is 0 Å². The Kier molecular flexibility index (Phi) is 3.09. The standard InChI is InChI=1S/C5H10BrN/c1-5(6)4-7(2)3/h4H,1-3H3/b5-4+. The monoisotopic (exact) mass is 163 g/mol. The number of hydrogen-bond acceptors (Lipinski definition) is 1. The van der Waals surface area contributed by atoms with Crippen LogP contribution in [0.2, 0.25) is 0 Å². The number of hydrogen-bond donors (Lipinski definition) is 0. The maximum atomic E-state index is 3.29. The number of nitrogens with zero attached hydrogens (tertiary/aromatic N) is 1. The SMILES string of the molecule is C/C(Br)=C\N(C)C. The van der Waals surface area contributed by atoms with Crippen LogP contribution in [0, 0.1) is 0 Å². The molecule has 0 aromatic heterocycles. The largest absolute Gasteiger partial charge is 0.383 e. The van der Waals surface area contributed by atoms with Gasteiger partial charge < -0.3 is 4.90 Å². The van der Waals surface area contributed by atoms with Crippen molar-refractivity contribution in [2.24, 2.45) is 0 Å². The zero-order chi connectivity index (χ0) is 5.86. The maximum absolute atomic E-state index is 3.29. The van der Waals surface area contributed by atoms with Crippen molar-refractivity contribution in [3.63, 3.8) is 0 Å². The van der Waals surface area contributed by atoms with Gasteiger partial charge in [-0.05, 0) is 6.92 Å². The second-order valence-electron chi connectivity index (χ2n) is 1.68. The topological polar surface area (TPSA) is 3.24 Å². The van der Waals surface area contributed by atoms with Gasteiger partial charge in [-0.15, -0.1) is 0 Å². The van der Waals surface area contributed by atoms with Crippen molar-refractivity contribution in [3.8, 4) is 0 Å². The molecule has 0 aromatic carbocycles. The molecule has 0 saturated heterocycles. The first-order valence-corrected chi connectivity index (χ1v) is 2.92. The molecule has 0 saturated carbocycles. The maximum Gasteiger partial charge on any atom is 0.00850 e. The fraction of sp³-hybridized carbons (Fsp3) is 0.600. The molecule has 0 bridgehead atoms. The Morgan fingerprint density at radius 3 is 2.00 bits per heavy atom. The van der Waals surface area contributed by atoms with Gasteiger partial charge in [-0.1, -0.05) is 15.9 Å². The van der Waals surface area contributed by atoms with Crippen LogP contribution in [0.4, 0.5) is 0 Å². The van der Waals surface area contributed by atoms with E-state index in [-0.39, 0.29) is 0 Å².